The molecule has 144 valence electrons. The summed E-state index contributed by atoms with van der Waals surface area (Å²) in [6.07, 6.45) is 3.76. The molecule has 2 bridgehead atoms. The summed E-state index contributed by atoms with van der Waals surface area (Å²) >= 11 is 0. The van der Waals surface area contributed by atoms with Crippen LogP contribution in [0.15, 0.2) is 46.4 Å². The highest BCUT2D eigenvalue weighted by molar-refractivity contribution is 7.90. The number of aliphatic imine (C=N–C) groups is 1. The smallest absolute Gasteiger partial charge is 0.269 e. The number of rotatable bonds is 4. The van der Waals surface area contributed by atoms with Crippen LogP contribution in [-0.2, 0) is 10.0 Å². The SMILES string of the molecule is CN=C(NC1CC2CNC1C2)c1ccn(S(=O)(=O)c2ccc(C)cc2)c1N. The third-order valence-corrected chi connectivity index (χ3v) is 7.30. The van der Waals surface area contributed by atoms with Gasteiger partial charge in [0.15, 0.2) is 0 Å². The van der Waals surface area contributed by atoms with Crippen LogP contribution in [-0.4, -0.2) is 43.9 Å². The third-order valence-electron chi connectivity index (χ3n) is 5.60. The van der Waals surface area contributed by atoms with E-state index in [0.29, 0.717) is 29.4 Å². The highest BCUT2D eigenvalue weighted by atomic mass is 32.2. The molecule has 1 saturated heterocycles. The van der Waals surface area contributed by atoms with Crippen molar-refractivity contribution in [3.05, 3.63) is 47.7 Å². The van der Waals surface area contributed by atoms with Gasteiger partial charge in [0, 0.05) is 25.3 Å². The lowest BCUT2D eigenvalue weighted by Crippen LogP contribution is -2.48. The molecule has 0 spiro atoms. The van der Waals surface area contributed by atoms with E-state index in [9.17, 15) is 8.42 Å². The van der Waals surface area contributed by atoms with Gasteiger partial charge in [-0.15, -0.1) is 0 Å². The largest absolute Gasteiger partial charge is 0.384 e. The van der Waals surface area contributed by atoms with E-state index in [-0.39, 0.29) is 10.7 Å². The Kier molecular flexibility index (Phi) is 4.47. The topological polar surface area (TPSA) is 102 Å². The van der Waals surface area contributed by atoms with Gasteiger partial charge in [0.1, 0.15) is 11.7 Å². The summed E-state index contributed by atoms with van der Waals surface area (Å²) in [5.74, 6) is 1.50. The maximum absolute atomic E-state index is 13.0. The van der Waals surface area contributed by atoms with Crippen molar-refractivity contribution in [2.45, 2.75) is 36.7 Å². The van der Waals surface area contributed by atoms with Gasteiger partial charge in [0.25, 0.3) is 10.0 Å². The number of aromatic nitrogens is 1. The zero-order chi connectivity index (χ0) is 19.2. The zero-order valence-electron chi connectivity index (χ0n) is 15.5. The van der Waals surface area contributed by atoms with E-state index in [1.807, 2.05) is 6.92 Å². The third kappa shape index (κ3) is 3.12. The lowest BCUT2D eigenvalue weighted by Gasteiger charge is -2.25. The van der Waals surface area contributed by atoms with Crippen molar-refractivity contribution in [1.29, 1.82) is 0 Å². The second-order valence-electron chi connectivity index (χ2n) is 7.40. The molecular formula is C19H25N5O2S. The highest BCUT2D eigenvalue weighted by Gasteiger charge is 2.40. The van der Waals surface area contributed by atoms with Gasteiger partial charge < -0.3 is 16.4 Å². The first-order valence-corrected chi connectivity index (χ1v) is 10.6. The number of benzene rings is 1. The molecule has 2 heterocycles. The van der Waals surface area contributed by atoms with E-state index >= 15 is 0 Å². The van der Waals surface area contributed by atoms with Gasteiger partial charge in [0.2, 0.25) is 0 Å². The molecule has 4 N–H and O–H groups in total. The van der Waals surface area contributed by atoms with Crippen molar-refractivity contribution in [3.63, 3.8) is 0 Å². The van der Waals surface area contributed by atoms with E-state index in [0.717, 1.165) is 22.5 Å². The predicted octanol–water partition coefficient (Wildman–Crippen LogP) is 1.33. The number of anilines is 1. The summed E-state index contributed by atoms with van der Waals surface area (Å²) in [7, 11) is -2.06. The van der Waals surface area contributed by atoms with Gasteiger partial charge in [-0.3, -0.25) is 4.99 Å². The van der Waals surface area contributed by atoms with Gasteiger partial charge >= 0.3 is 0 Å². The standard InChI is InChI=1S/C19H25N5O2S/c1-12-3-5-14(6-4-12)27(25,26)24-8-7-15(18(24)20)19(21-2)23-17-10-13-9-16(17)22-11-13/h3-8,13,16-17,22H,9-11,20H2,1-2H3,(H,21,23). The fourth-order valence-electron chi connectivity index (χ4n) is 4.11. The van der Waals surface area contributed by atoms with Crippen LogP contribution in [0, 0.1) is 12.8 Å². The molecule has 2 aromatic rings. The van der Waals surface area contributed by atoms with E-state index in [4.69, 9.17) is 5.73 Å². The monoisotopic (exact) mass is 387 g/mol. The van der Waals surface area contributed by atoms with Crippen LogP contribution in [0.4, 0.5) is 5.82 Å². The maximum atomic E-state index is 13.0. The molecule has 7 nitrogen and oxygen atoms in total. The minimum absolute atomic E-state index is 0.166. The van der Waals surface area contributed by atoms with Crippen LogP contribution in [0.5, 0.6) is 0 Å². The number of nitrogens with two attached hydrogens (primary N) is 1. The van der Waals surface area contributed by atoms with Crippen molar-refractivity contribution in [3.8, 4) is 0 Å². The van der Waals surface area contributed by atoms with Gasteiger partial charge in [-0.05, 0) is 50.4 Å². The number of hydrogen-bond acceptors (Lipinski definition) is 5. The van der Waals surface area contributed by atoms with Crippen molar-refractivity contribution in [1.82, 2.24) is 14.6 Å². The number of piperidine rings is 1. The van der Waals surface area contributed by atoms with Crippen LogP contribution >= 0.6 is 0 Å². The molecule has 1 saturated carbocycles. The molecule has 2 fully saturated rings. The first-order valence-electron chi connectivity index (χ1n) is 9.16. The summed E-state index contributed by atoms with van der Waals surface area (Å²) in [5, 5.41) is 6.97. The number of amidine groups is 1. The lowest BCUT2D eigenvalue weighted by molar-refractivity contribution is 0.419. The number of hydrogen-bond donors (Lipinski definition) is 3. The Hall–Kier alpha value is -2.32. The molecule has 1 aliphatic carbocycles. The molecule has 3 atom stereocenters. The Morgan fingerprint density at radius 3 is 2.59 bits per heavy atom. The lowest BCUT2D eigenvalue weighted by atomic mass is 10.1. The number of nitrogens with one attached hydrogen (secondary N) is 2. The summed E-state index contributed by atoms with van der Waals surface area (Å²) in [6, 6.07) is 9.17. The average molecular weight is 388 g/mol. The van der Waals surface area contributed by atoms with E-state index in [2.05, 4.69) is 15.6 Å². The minimum Gasteiger partial charge on any atom is -0.384 e. The molecule has 1 aromatic heterocycles. The Balaban J connectivity index is 1.62. The molecule has 1 aliphatic heterocycles. The molecule has 1 aromatic carbocycles. The van der Waals surface area contributed by atoms with Gasteiger partial charge in [-0.2, -0.15) is 0 Å². The number of nitrogens with zero attached hydrogens (tertiary/aromatic N) is 2. The quantitative estimate of drug-likeness (QED) is 0.543. The van der Waals surface area contributed by atoms with E-state index in [1.165, 1.54) is 12.6 Å². The fourth-order valence-corrected chi connectivity index (χ4v) is 5.40. The van der Waals surface area contributed by atoms with Crippen molar-refractivity contribution in [2.75, 3.05) is 19.3 Å². The first kappa shape index (κ1) is 18.1. The van der Waals surface area contributed by atoms with Crippen LogP contribution < -0.4 is 16.4 Å². The van der Waals surface area contributed by atoms with Crippen LogP contribution in [0.3, 0.4) is 0 Å². The highest BCUT2D eigenvalue weighted by Crippen LogP contribution is 2.31. The Morgan fingerprint density at radius 1 is 1.26 bits per heavy atom. The second-order valence-corrected chi connectivity index (χ2v) is 9.22. The summed E-state index contributed by atoms with van der Waals surface area (Å²) in [4.78, 5) is 4.55. The molecule has 2 aliphatic rings. The van der Waals surface area contributed by atoms with Gasteiger partial charge in [-0.1, -0.05) is 17.7 Å². The van der Waals surface area contributed by atoms with Crippen LogP contribution in [0.2, 0.25) is 0 Å². The van der Waals surface area contributed by atoms with E-state index in [1.54, 1.807) is 37.4 Å². The Morgan fingerprint density at radius 2 is 2.00 bits per heavy atom. The second kappa shape index (κ2) is 6.69. The average Bonchev–Trinajstić information content (AvgIpc) is 3.36. The van der Waals surface area contributed by atoms with Crippen LogP contribution in [0.25, 0.3) is 0 Å². The molecule has 4 rings (SSSR count). The van der Waals surface area contributed by atoms with E-state index < -0.39 is 10.0 Å². The normalized spacial score (nSPS) is 25.1. The molecule has 8 heteroatoms. The molecule has 0 radical (unpaired) electrons. The van der Waals surface area contributed by atoms with Crippen molar-refractivity contribution < 1.29 is 8.42 Å². The Labute approximate surface area is 159 Å². The molecular weight excluding hydrogens is 362 g/mol. The number of fused-ring (bicyclic) bond motifs is 2. The minimum atomic E-state index is -3.75. The molecule has 0 amide bonds. The van der Waals surface area contributed by atoms with Gasteiger partial charge in [-0.25, -0.2) is 12.4 Å². The first-order chi connectivity index (χ1) is 12.9. The number of nitrogen functional groups attached to an aromatic ring is 1. The summed E-state index contributed by atoms with van der Waals surface area (Å²) in [5.41, 5.74) is 7.84. The van der Waals surface area contributed by atoms with Crippen molar-refractivity contribution >= 4 is 21.7 Å². The summed E-state index contributed by atoms with van der Waals surface area (Å²) in [6.45, 7) is 2.99. The summed E-state index contributed by atoms with van der Waals surface area (Å²) < 4.78 is 27.0. The van der Waals surface area contributed by atoms with Crippen molar-refractivity contribution in [2.24, 2.45) is 10.9 Å². The van der Waals surface area contributed by atoms with Crippen LogP contribution in [0.1, 0.15) is 24.0 Å². The predicted molar refractivity (Wildman–Crippen MR) is 107 cm³/mol. The molecule has 3 unspecified atom stereocenters. The molecule has 27 heavy (non-hydrogen) atoms. The Bertz CT molecular complexity index is 978. The fraction of sp³-hybridized carbons (Fsp3) is 0.421. The zero-order valence-corrected chi connectivity index (χ0v) is 16.3. The van der Waals surface area contributed by atoms with Gasteiger partial charge in [0.05, 0.1) is 10.5 Å². The maximum Gasteiger partial charge on any atom is 0.269 e. The number of aryl methyl sites for hydroxylation is 1.